The van der Waals surface area contributed by atoms with Crippen molar-refractivity contribution in [2.45, 2.75) is 59.1 Å². The van der Waals surface area contributed by atoms with Crippen molar-refractivity contribution in [1.82, 2.24) is 4.98 Å². The highest BCUT2D eigenvalue weighted by molar-refractivity contribution is 5.76. The Bertz CT molecular complexity index is 1070. The molecule has 0 fully saturated rings. The molecule has 1 N–H and O–H groups in total. The number of hydrogen-bond donors (Lipinski definition) is 1. The van der Waals surface area contributed by atoms with E-state index < -0.39 is 11.6 Å². The molecule has 0 amide bonds. The van der Waals surface area contributed by atoms with Crippen molar-refractivity contribution in [2.24, 2.45) is 0 Å². The van der Waals surface area contributed by atoms with Crippen LogP contribution >= 0.6 is 0 Å². The summed E-state index contributed by atoms with van der Waals surface area (Å²) in [5.41, 5.74) is 3.29. The van der Waals surface area contributed by atoms with Gasteiger partial charge in [0.25, 0.3) is 0 Å². The Morgan fingerprint density at radius 3 is 2.06 bits per heavy atom. The molecular formula is C28H34N2O3. The summed E-state index contributed by atoms with van der Waals surface area (Å²) in [7, 11) is 0. The van der Waals surface area contributed by atoms with Crippen LogP contribution in [0.4, 0.5) is 5.82 Å². The molecule has 174 valence electrons. The van der Waals surface area contributed by atoms with Gasteiger partial charge in [-0.15, -0.1) is 0 Å². The van der Waals surface area contributed by atoms with Gasteiger partial charge in [-0.05, 0) is 62.6 Å². The second-order valence-corrected chi connectivity index (χ2v) is 9.86. The molecule has 0 unspecified atom stereocenters. The standard InChI is InChI=1S/C28H34N2O3/c1-20-7-10-22(11-8-20)18-30(25-16-9-21(2)17-29-25)19-27(3,4)23-12-14-24(15-13-23)33-28(5,6)26(31)32/h7-17H,18-19H2,1-6H3,(H,31,32). The minimum atomic E-state index is -1.28. The van der Waals surface area contributed by atoms with Gasteiger partial charge in [-0.3, -0.25) is 0 Å². The van der Waals surface area contributed by atoms with E-state index in [1.807, 2.05) is 37.4 Å². The number of benzene rings is 2. The van der Waals surface area contributed by atoms with E-state index in [0.29, 0.717) is 5.75 Å². The molecule has 0 saturated heterocycles. The van der Waals surface area contributed by atoms with Gasteiger partial charge in [0.2, 0.25) is 0 Å². The predicted octanol–water partition coefficient (Wildman–Crippen LogP) is 5.92. The lowest BCUT2D eigenvalue weighted by atomic mass is 9.84. The molecule has 0 radical (unpaired) electrons. The Hall–Kier alpha value is -3.34. The first kappa shape index (κ1) is 24.3. The first-order chi connectivity index (χ1) is 15.5. The zero-order valence-corrected chi connectivity index (χ0v) is 20.4. The average molecular weight is 447 g/mol. The van der Waals surface area contributed by atoms with Gasteiger partial charge < -0.3 is 14.7 Å². The van der Waals surface area contributed by atoms with Crippen LogP contribution in [0.15, 0.2) is 66.9 Å². The molecule has 0 aliphatic carbocycles. The van der Waals surface area contributed by atoms with Crippen LogP contribution in [0, 0.1) is 13.8 Å². The number of carboxylic acid groups (broad SMARTS) is 1. The number of aliphatic carboxylic acids is 1. The quantitative estimate of drug-likeness (QED) is 0.442. The van der Waals surface area contributed by atoms with Crippen molar-refractivity contribution in [3.05, 3.63) is 89.1 Å². The van der Waals surface area contributed by atoms with Crippen molar-refractivity contribution < 1.29 is 14.6 Å². The van der Waals surface area contributed by atoms with Crippen molar-refractivity contribution in [3.63, 3.8) is 0 Å². The first-order valence-electron chi connectivity index (χ1n) is 11.2. The largest absolute Gasteiger partial charge is 0.478 e. The monoisotopic (exact) mass is 446 g/mol. The minimum Gasteiger partial charge on any atom is -0.478 e. The average Bonchev–Trinajstić information content (AvgIpc) is 2.75. The third-order valence-corrected chi connectivity index (χ3v) is 5.82. The van der Waals surface area contributed by atoms with Crippen molar-refractivity contribution in [2.75, 3.05) is 11.4 Å². The first-order valence-corrected chi connectivity index (χ1v) is 11.2. The SMILES string of the molecule is Cc1ccc(CN(CC(C)(C)c2ccc(OC(C)(C)C(=O)O)cc2)c2ccc(C)cn2)cc1. The Kier molecular flexibility index (Phi) is 7.11. The van der Waals surface area contributed by atoms with Gasteiger partial charge in [0.05, 0.1) is 0 Å². The highest BCUT2D eigenvalue weighted by Gasteiger charge is 2.30. The Morgan fingerprint density at radius 1 is 0.909 bits per heavy atom. The molecule has 1 heterocycles. The predicted molar refractivity (Wildman–Crippen MR) is 133 cm³/mol. The van der Waals surface area contributed by atoms with E-state index in [1.54, 1.807) is 13.8 Å². The second kappa shape index (κ2) is 9.65. The van der Waals surface area contributed by atoms with Crippen LogP contribution in [-0.2, 0) is 16.8 Å². The number of ether oxygens (including phenoxy) is 1. The minimum absolute atomic E-state index is 0.182. The van der Waals surface area contributed by atoms with Crippen LogP contribution < -0.4 is 9.64 Å². The summed E-state index contributed by atoms with van der Waals surface area (Å²) in [6, 6.07) is 20.5. The molecule has 1 aromatic heterocycles. The zero-order valence-electron chi connectivity index (χ0n) is 20.4. The number of pyridine rings is 1. The molecular weight excluding hydrogens is 412 g/mol. The molecule has 2 aromatic carbocycles. The van der Waals surface area contributed by atoms with E-state index in [2.05, 4.69) is 62.1 Å². The van der Waals surface area contributed by atoms with E-state index in [-0.39, 0.29) is 5.41 Å². The highest BCUT2D eigenvalue weighted by Crippen LogP contribution is 2.30. The normalized spacial score (nSPS) is 11.8. The number of hydrogen-bond acceptors (Lipinski definition) is 4. The molecule has 0 bridgehead atoms. The number of aromatic nitrogens is 1. The fraction of sp³-hybridized carbons (Fsp3) is 0.357. The molecule has 33 heavy (non-hydrogen) atoms. The highest BCUT2D eigenvalue weighted by atomic mass is 16.5. The number of carboxylic acids is 1. The molecule has 0 spiro atoms. The zero-order chi connectivity index (χ0) is 24.2. The summed E-state index contributed by atoms with van der Waals surface area (Å²) in [6.45, 7) is 13.2. The number of aryl methyl sites for hydroxylation is 2. The van der Waals surface area contributed by atoms with Crippen molar-refractivity contribution in [3.8, 4) is 5.75 Å². The Labute approximate surface area is 197 Å². The summed E-state index contributed by atoms with van der Waals surface area (Å²) in [4.78, 5) is 18.4. The molecule has 0 aliphatic heterocycles. The molecule has 5 nitrogen and oxygen atoms in total. The Morgan fingerprint density at radius 2 is 1.52 bits per heavy atom. The summed E-state index contributed by atoms with van der Waals surface area (Å²) in [5.74, 6) is 0.486. The molecule has 3 aromatic rings. The van der Waals surface area contributed by atoms with E-state index in [4.69, 9.17) is 9.72 Å². The summed E-state index contributed by atoms with van der Waals surface area (Å²) >= 11 is 0. The van der Waals surface area contributed by atoms with Gasteiger partial charge in [0.15, 0.2) is 5.60 Å². The second-order valence-electron chi connectivity index (χ2n) is 9.86. The number of rotatable bonds is 9. The van der Waals surface area contributed by atoms with Gasteiger partial charge in [0.1, 0.15) is 11.6 Å². The van der Waals surface area contributed by atoms with Crippen molar-refractivity contribution >= 4 is 11.8 Å². The van der Waals surface area contributed by atoms with E-state index in [0.717, 1.165) is 30.0 Å². The maximum Gasteiger partial charge on any atom is 0.347 e. The maximum atomic E-state index is 11.4. The molecule has 0 aliphatic rings. The summed E-state index contributed by atoms with van der Waals surface area (Å²) < 4.78 is 5.66. The van der Waals surface area contributed by atoms with Gasteiger partial charge in [-0.25, -0.2) is 9.78 Å². The molecule has 5 heteroatoms. The van der Waals surface area contributed by atoms with Crippen LogP contribution in [0.25, 0.3) is 0 Å². The number of carbonyl (C=O) groups is 1. The van der Waals surface area contributed by atoms with Crippen LogP contribution in [0.2, 0.25) is 0 Å². The van der Waals surface area contributed by atoms with E-state index >= 15 is 0 Å². The van der Waals surface area contributed by atoms with Gasteiger partial charge in [-0.2, -0.15) is 0 Å². The lowest BCUT2D eigenvalue weighted by Gasteiger charge is -2.34. The lowest BCUT2D eigenvalue weighted by molar-refractivity contribution is -0.152. The van der Waals surface area contributed by atoms with Crippen LogP contribution in [-0.4, -0.2) is 28.2 Å². The molecule has 0 saturated carbocycles. The van der Waals surface area contributed by atoms with Crippen LogP contribution in [0.3, 0.4) is 0 Å². The summed E-state index contributed by atoms with van der Waals surface area (Å²) in [6.07, 6.45) is 1.90. The number of anilines is 1. The van der Waals surface area contributed by atoms with E-state index in [9.17, 15) is 9.90 Å². The fourth-order valence-electron chi connectivity index (χ4n) is 3.66. The fourth-order valence-corrected chi connectivity index (χ4v) is 3.66. The topological polar surface area (TPSA) is 62.7 Å². The smallest absolute Gasteiger partial charge is 0.347 e. The molecule has 0 atom stereocenters. The summed E-state index contributed by atoms with van der Waals surface area (Å²) in [5, 5.41) is 9.31. The van der Waals surface area contributed by atoms with Crippen LogP contribution in [0.1, 0.15) is 49.9 Å². The van der Waals surface area contributed by atoms with Crippen LogP contribution in [0.5, 0.6) is 5.75 Å². The third-order valence-electron chi connectivity index (χ3n) is 5.82. The van der Waals surface area contributed by atoms with Crippen molar-refractivity contribution in [1.29, 1.82) is 0 Å². The lowest BCUT2D eigenvalue weighted by Crippen LogP contribution is -2.38. The van der Waals surface area contributed by atoms with Gasteiger partial charge in [-0.1, -0.05) is 61.9 Å². The van der Waals surface area contributed by atoms with E-state index in [1.165, 1.54) is 11.1 Å². The Balaban J connectivity index is 1.83. The number of nitrogens with zero attached hydrogens (tertiary/aromatic N) is 2. The third kappa shape index (κ3) is 6.35. The van der Waals surface area contributed by atoms with Gasteiger partial charge >= 0.3 is 5.97 Å². The van der Waals surface area contributed by atoms with Gasteiger partial charge in [0, 0.05) is 24.7 Å². The maximum absolute atomic E-state index is 11.4. The molecule has 3 rings (SSSR count).